The summed E-state index contributed by atoms with van der Waals surface area (Å²) in [5.74, 6) is 0.344. The number of benzene rings is 2. The van der Waals surface area contributed by atoms with E-state index in [1.165, 1.54) is 6.26 Å². The molecule has 2 aliphatic heterocycles. The molecule has 0 saturated carbocycles. The Bertz CT molecular complexity index is 1160. The van der Waals surface area contributed by atoms with Gasteiger partial charge < -0.3 is 23.7 Å². The zero-order chi connectivity index (χ0) is 23.0. The molecule has 0 bridgehead atoms. The highest BCUT2D eigenvalue weighted by atomic mass is 16.7. The molecule has 2 amide bonds. The van der Waals surface area contributed by atoms with E-state index < -0.39 is 5.79 Å². The van der Waals surface area contributed by atoms with Crippen LogP contribution in [0.3, 0.4) is 0 Å². The first-order valence-electron chi connectivity index (χ1n) is 11.0. The number of rotatable bonds is 3. The Balaban J connectivity index is 1.27. The van der Waals surface area contributed by atoms with Crippen LogP contribution in [-0.2, 0) is 11.3 Å². The van der Waals surface area contributed by atoms with Crippen molar-refractivity contribution >= 4 is 11.8 Å². The summed E-state index contributed by atoms with van der Waals surface area (Å²) in [7, 11) is 3.49. The van der Waals surface area contributed by atoms with Gasteiger partial charge in [0.25, 0.3) is 11.8 Å². The minimum atomic E-state index is -0.706. The number of carbonyl (C=O) groups is 2. The standard InChI is InChI=1S/C26H26N2O5/c1-27(2)24(29)19-7-5-18(6-8-19)20-9-10-22-21(16-20)17-32-26(33-22)11-13-28(14-12-26)25(30)23-4-3-15-31-23/h3-10,15-16H,11-14,17H2,1-2H3. The van der Waals surface area contributed by atoms with E-state index in [4.69, 9.17) is 13.9 Å². The molecule has 1 aromatic heterocycles. The zero-order valence-electron chi connectivity index (χ0n) is 18.7. The molecule has 2 aliphatic rings. The Labute approximate surface area is 192 Å². The Morgan fingerprint density at radius 3 is 2.36 bits per heavy atom. The molecule has 3 heterocycles. The third kappa shape index (κ3) is 4.12. The number of furan rings is 1. The maximum atomic E-state index is 12.5. The van der Waals surface area contributed by atoms with Gasteiger partial charge in [0.05, 0.1) is 12.9 Å². The number of fused-ring (bicyclic) bond motifs is 1. The highest BCUT2D eigenvalue weighted by molar-refractivity contribution is 5.94. The second kappa shape index (κ2) is 8.41. The molecule has 7 heteroatoms. The molecule has 0 atom stereocenters. The van der Waals surface area contributed by atoms with Crippen LogP contribution in [-0.4, -0.2) is 54.6 Å². The topological polar surface area (TPSA) is 72.2 Å². The summed E-state index contributed by atoms with van der Waals surface area (Å²) in [5, 5.41) is 0. The molecule has 0 N–H and O–H groups in total. The molecule has 1 saturated heterocycles. The second-order valence-electron chi connectivity index (χ2n) is 8.67. The van der Waals surface area contributed by atoms with Crippen molar-refractivity contribution in [2.75, 3.05) is 27.2 Å². The van der Waals surface area contributed by atoms with Gasteiger partial charge in [-0.25, -0.2) is 0 Å². The molecule has 2 aromatic carbocycles. The maximum Gasteiger partial charge on any atom is 0.289 e. The lowest BCUT2D eigenvalue weighted by Gasteiger charge is -2.43. The molecule has 0 radical (unpaired) electrons. The fourth-order valence-corrected chi connectivity index (χ4v) is 4.33. The van der Waals surface area contributed by atoms with E-state index in [9.17, 15) is 9.59 Å². The van der Waals surface area contributed by atoms with Crippen LogP contribution in [0.15, 0.2) is 65.3 Å². The van der Waals surface area contributed by atoms with Crippen LogP contribution in [0.2, 0.25) is 0 Å². The molecule has 0 aliphatic carbocycles. The smallest absolute Gasteiger partial charge is 0.289 e. The number of nitrogens with zero attached hydrogens (tertiary/aromatic N) is 2. The van der Waals surface area contributed by atoms with Crippen molar-refractivity contribution in [3.05, 3.63) is 77.7 Å². The normalized spacial score (nSPS) is 16.7. The van der Waals surface area contributed by atoms with Crippen LogP contribution < -0.4 is 4.74 Å². The third-order valence-corrected chi connectivity index (χ3v) is 6.26. The largest absolute Gasteiger partial charge is 0.462 e. The molecule has 7 nitrogen and oxygen atoms in total. The minimum Gasteiger partial charge on any atom is -0.462 e. The molecule has 1 fully saturated rings. The number of hydrogen-bond donors (Lipinski definition) is 0. The van der Waals surface area contributed by atoms with Crippen molar-refractivity contribution < 1.29 is 23.5 Å². The molecule has 0 unspecified atom stereocenters. The third-order valence-electron chi connectivity index (χ3n) is 6.26. The minimum absolute atomic E-state index is 0.0176. The van der Waals surface area contributed by atoms with Crippen molar-refractivity contribution in [1.82, 2.24) is 9.80 Å². The number of ether oxygens (including phenoxy) is 2. The lowest BCUT2D eigenvalue weighted by Crippen LogP contribution is -2.52. The van der Waals surface area contributed by atoms with Crippen LogP contribution in [0.4, 0.5) is 0 Å². The van der Waals surface area contributed by atoms with E-state index in [-0.39, 0.29) is 11.8 Å². The summed E-state index contributed by atoms with van der Waals surface area (Å²) in [6.45, 7) is 1.54. The van der Waals surface area contributed by atoms with Crippen LogP contribution in [0.5, 0.6) is 5.75 Å². The van der Waals surface area contributed by atoms with Crippen LogP contribution >= 0.6 is 0 Å². The predicted octanol–water partition coefficient (Wildman–Crippen LogP) is 4.19. The van der Waals surface area contributed by atoms with Crippen LogP contribution in [0.25, 0.3) is 11.1 Å². The summed E-state index contributed by atoms with van der Waals surface area (Å²) < 4.78 is 17.7. The average Bonchev–Trinajstić information content (AvgIpc) is 3.38. The summed E-state index contributed by atoms with van der Waals surface area (Å²) in [4.78, 5) is 28.0. The lowest BCUT2D eigenvalue weighted by atomic mass is 9.98. The van der Waals surface area contributed by atoms with E-state index in [1.54, 1.807) is 36.0 Å². The average molecular weight is 447 g/mol. The fourth-order valence-electron chi connectivity index (χ4n) is 4.33. The summed E-state index contributed by atoms with van der Waals surface area (Å²) in [6.07, 6.45) is 2.71. The van der Waals surface area contributed by atoms with Crippen molar-refractivity contribution in [1.29, 1.82) is 0 Å². The van der Waals surface area contributed by atoms with Gasteiger partial charge in [0.1, 0.15) is 5.75 Å². The first-order chi connectivity index (χ1) is 15.9. The predicted molar refractivity (Wildman–Crippen MR) is 122 cm³/mol. The number of amides is 2. The monoisotopic (exact) mass is 446 g/mol. The van der Waals surface area contributed by atoms with Gasteiger partial charge in [-0.1, -0.05) is 18.2 Å². The van der Waals surface area contributed by atoms with Gasteiger partial charge in [-0.15, -0.1) is 0 Å². The van der Waals surface area contributed by atoms with Gasteiger partial charge in [0, 0.05) is 51.2 Å². The van der Waals surface area contributed by atoms with Gasteiger partial charge in [-0.05, 0) is 47.5 Å². The van der Waals surface area contributed by atoms with Crippen molar-refractivity contribution in [2.45, 2.75) is 25.2 Å². The van der Waals surface area contributed by atoms with Crippen LogP contribution in [0, 0.1) is 0 Å². The van der Waals surface area contributed by atoms with Gasteiger partial charge in [0.15, 0.2) is 5.76 Å². The van der Waals surface area contributed by atoms with Gasteiger partial charge >= 0.3 is 0 Å². The number of carbonyl (C=O) groups excluding carboxylic acids is 2. The van der Waals surface area contributed by atoms with Crippen LogP contribution in [0.1, 0.15) is 39.3 Å². The zero-order valence-corrected chi connectivity index (χ0v) is 18.7. The van der Waals surface area contributed by atoms with E-state index in [2.05, 4.69) is 6.07 Å². The first-order valence-corrected chi connectivity index (χ1v) is 11.0. The number of hydrogen-bond acceptors (Lipinski definition) is 5. The van der Waals surface area contributed by atoms with Gasteiger partial charge in [-0.2, -0.15) is 0 Å². The van der Waals surface area contributed by atoms with Crippen molar-refractivity contribution in [3.8, 4) is 16.9 Å². The lowest BCUT2D eigenvalue weighted by molar-refractivity contribution is -0.225. The fraction of sp³-hybridized carbons (Fsp3) is 0.308. The SMILES string of the molecule is CN(C)C(=O)c1ccc(-c2ccc3c(c2)COC2(CCN(C(=O)c4ccco4)CC2)O3)cc1. The quantitative estimate of drug-likeness (QED) is 0.603. The van der Waals surface area contributed by atoms with Crippen molar-refractivity contribution in [3.63, 3.8) is 0 Å². The highest BCUT2D eigenvalue weighted by Crippen LogP contribution is 2.39. The molecule has 5 rings (SSSR count). The van der Waals surface area contributed by atoms with Crippen molar-refractivity contribution in [2.24, 2.45) is 0 Å². The van der Waals surface area contributed by atoms with Gasteiger partial charge in [-0.3, -0.25) is 9.59 Å². The molecule has 1 spiro atoms. The number of piperidine rings is 1. The van der Waals surface area contributed by atoms with E-state index in [1.807, 2.05) is 36.4 Å². The Kier molecular flexibility index (Phi) is 5.42. The summed E-state index contributed by atoms with van der Waals surface area (Å²) >= 11 is 0. The molecule has 170 valence electrons. The summed E-state index contributed by atoms with van der Waals surface area (Å²) in [6, 6.07) is 17.1. The molecule has 3 aromatic rings. The molecule has 33 heavy (non-hydrogen) atoms. The number of likely N-dealkylation sites (tertiary alicyclic amines) is 1. The first kappa shape index (κ1) is 21.3. The second-order valence-corrected chi connectivity index (χ2v) is 8.67. The van der Waals surface area contributed by atoms with E-state index in [0.717, 1.165) is 22.4 Å². The Hall–Kier alpha value is -3.58. The highest BCUT2D eigenvalue weighted by Gasteiger charge is 2.42. The molecular weight excluding hydrogens is 420 g/mol. The van der Waals surface area contributed by atoms with Gasteiger partial charge in [0.2, 0.25) is 5.79 Å². The maximum absolute atomic E-state index is 12.5. The summed E-state index contributed by atoms with van der Waals surface area (Å²) in [5.41, 5.74) is 3.71. The van der Waals surface area contributed by atoms with E-state index >= 15 is 0 Å². The Morgan fingerprint density at radius 1 is 0.970 bits per heavy atom. The Morgan fingerprint density at radius 2 is 1.70 bits per heavy atom. The van der Waals surface area contributed by atoms with E-state index in [0.29, 0.717) is 43.9 Å². The molecular formula is C26H26N2O5.